The topological polar surface area (TPSA) is 59.4 Å². The molecule has 6 nitrogen and oxygen atoms in total. The molecule has 1 amide bonds. The van der Waals surface area contributed by atoms with Gasteiger partial charge >= 0.3 is 0 Å². The van der Waals surface area contributed by atoms with Crippen molar-refractivity contribution in [2.24, 2.45) is 11.8 Å². The molecular formula is C23H38N4O2. The Labute approximate surface area is 175 Å². The molecule has 0 aromatic carbocycles. The van der Waals surface area contributed by atoms with E-state index in [1.165, 1.54) is 43.4 Å². The molecule has 6 heteroatoms. The zero-order valence-electron chi connectivity index (χ0n) is 18.3. The van der Waals surface area contributed by atoms with Crippen LogP contribution >= 0.6 is 0 Å². The van der Waals surface area contributed by atoms with Crippen molar-refractivity contribution in [3.8, 4) is 0 Å². The number of amides is 1. The highest BCUT2D eigenvalue weighted by Gasteiger charge is 2.32. The Hall–Kier alpha value is -1.40. The van der Waals surface area contributed by atoms with Gasteiger partial charge in [-0.3, -0.25) is 9.48 Å². The fourth-order valence-electron chi connectivity index (χ4n) is 5.17. The maximum absolute atomic E-state index is 13.3. The molecule has 162 valence electrons. The van der Waals surface area contributed by atoms with Crippen molar-refractivity contribution in [2.45, 2.75) is 77.8 Å². The van der Waals surface area contributed by atoms with Crippen molar-refractivity contribution in [3.05, 3.63) is 17.0 Å². The summed E-state index contributed by atoms with van der Waals surface area (Å²) >= 11 is 0. The lowest BCUT2D eigenvalue weighted by Crippen LogP contribution is -2.42. The van der Waals surface area contributed by atoms with E-state index in [9.17, 15) is 4.79 Å². The van der Waals surface area contributed by atoms with Crippen molar-refractivity contribution in [1.82, 2.24) is 20.0 Å². The molecule has 1 aliphatic heterocycles. The summed E-state index contributed by atoms with van der Waals surface area (Å²) in [5, 5.41) is 8.69. The molecule has 0 radical (unpaired) electrons. The van der Waals surface area contributed by atoms with Gasteiger partial charge in [-0.05, 0) is 50.5 Å². The first-order valence-corrected chi connectivity index (χ1v) is 11.8. The minimum Gasteiger partial charge on any atom is -0.378 e. The minimum absolute atomic E-state index is 0.0972. The molecule has 0 spiro atoms. The first-order chi connectivity index (χ1) is 14.1. The van der Waals surface area contributed by atoms with E-state index >= 15 is 0 Å². The van der Waals surface area contributed by atoms with Crippen molar-refractivity contribution in [1.29, 1.82) is 0 Å². The predicted octanol–water partition coefficient (Wildman–Crippen LogP) is 3.04. The van der Waals surface area contributed by atoms with Crippen molar-refractivity contribution in [2.75, 3.05) is 32.8 Å². The van der Waals surface area contributed by atoms with Gasteiger partial charge in [-0.15, -0.1) is 0 Å². The Kier molecular flexibility index (Phi) is 6.91. The van der Waals surface area contributed by atoms with Gasteiger partial charge in [0.15, 0.2) is 5.69 Å². The van der Waals surface area contributed by atoms with E-state index < -0.39 is 0 Å². The molecule has 2 fully saturated rings. The normalized spacial score (nSPS) is 23.4. The number of nitrogens with zero attached hydrogens (tertiary/aromatic N) is 3. The molecule has 2 aliphatic carbocycles. The number of carbonyl (C=O) groups is 1. The summed E-state index contributed by atoms with van der Waals surface area (Å²) < 4.78 is 7.56. The van der Waals surface area contributed by atoms with Crippen LogP contribution in [0.1, 0.15) is 74.1 Å². The van der Waals surface area contributed by atoms with Crippen LogP contribution in [0.3, 0.4) is 0 Å². The minimum atomic E-state index is 0.0972. The molecule has 4 rings (SSSR count). The average molecular weight is 403 g/mol. The molecular weight excluding hydrogens is 364 g/mol. The van der Waals surface area contributed by atoms with E-state index in [0.717, 1.165) is 38.3 Å². The third-order valence-electron chi connectivity index (χ3n) is 6.81. The second kappa shape index (κ2) is 9.61. The van der Waals surface area contributed by atoms with E-state index in [2.05, 4.69) is 23.8 Å². The molecule has 29 heavy (non-hydrogen) atoms. The zero-order valence-corrected chi connectivity index (χ0v) is 18.3. The quantitative estimate of drug-likeness (QED) is 0.795. The molecule has 1 aromatic rings. The van der Waals surface area contributed by atoms with Gasteiger partial charge in [0.2, 0.25) is 0 Å². The largest absolute Gasteiger partial charge is 0.378 e. The van der Waals surface area contributed by atoms with E-state index in [1.807, 2.05) is 4.90 Å². The van der Waals surface area contributed by atoms with Gasteiger partial charge in [0.05, 0.1) is 13.2 Å². The Balaban J connectivity index is 1.49. The van der Waals surface area contributed by atoms with Crippen LogP contribution in [-0.4, -0.2) is 59.5 Å². The van der Waals surface area contributed by atoms with Crippen LogP contribution in [0.4, 0.5) is 0 Å². The summed E-state index contributed by atoms with van der Waals surface area (Å²) in [6.07, 6.45) is 10.0. The summed E-state index contributed by atoms with van der Waals surface area (Å²) in [4.78, 5) is 15.2. The summed E-state index contributed by atoms with van der Waals surface area (Å²) in [6.45, 7) is 9.07. The molecule has 1 saturated carbocycles. The predicted molar refractivity (Wildman–Crippen MR) is 114 cm³/mol. The SMILES string of the molecule is CC(C)Cn1nc(C(=O)N2CCOCC2)c2c1CC[C@@H](NCC1CCCCC1)C2. The fourth-order valence-corrected chi connectivity index (χ4v) is 5.17. The lowest BCUT2D eigenvalue weighted by atomic mass is 9.87. The number of carbonyl (C=O) groups excluding carboxylic acids is 1. The van der Waals surface area contributed by atoms with Gasteiger partial charge in [-0.25, -0.2) is 0 Å². The molecule has 0 unspecified atom stereocenters. The van der Waals surface area contributed by atoms with Crippen LogP contribution in [0.5, 0.6) is 0 Å². The van der Waals surface area contributed by atoms with E-state index in [4.69, 9.17) is 9.84 Å². The Morgan fingerprint density at radius 2 is 1.93 bits per heavy atom. The molecule has 1 atom stereocenters. The van der Waals surface area contributed by atoms with Crippen molar-refractivity contribution >= 4 is 5.91 Å². The summed E-state index contributed by atoms with van der Waals surface area (Å²) in [7, 11) is 0. The monoisotopic (exact) mass is 402 g/mol. The van der Waals surface area contributed by atoms with Crippen molar-refractivity contribution in [3.63, 3.8) is 0 Å². The Morgan fingerprint density at radius 1 is 1.17 bits per heavy atom. The van der Waals surface area contributed by atoms with E-state index in [0.29, 0.717) is 44.0 Å². The van der Waals surface area contributed by atoms with Crippen LogP contribution < -0.4 is 5.32 Å². The number of fused-ring (bicyclic) bond motifs is 1. The van der Waals surface area contributed by atoms with Crippen LogP contribution in [0.25, 0.3) is 0 Å². The maximum atomic E-state index is 13.3. The van der Waals surface area contributed by atoms with Gasteiger partial charge in [-0.2, -0.15) is 5.10 Å². The molecule has 1 saturated heterocycles. The van der Waals surface area contributed by atoms with Gasteiger partial charge in [0, 0.05) is 36.9 Å². The highest BCUT2D eigenvalue weighted by Crippen LogP contribution is 2.28. The number of hydrogen-bond acceptors (Lipinski definition) is 4. The van der Waals surface area contributed by atoms with Gasteiger partial charge in [0.1, 0.15) is 0 Å². The number of nitrogens with one attached hydrogen (secondary N) is 1. The molecule has 3 aliphatic rings. The summed E-state index contributed by atoms with van der Waals surface area (Å²) in [6, 6.07) is 0.470. The molecule has 1 N–H and O–H groups in total. The highest BCUT2D eigenvalue weighted by molar-refractivity contribution is 5.94. The van der Waals surface area contributed by atoms with Gasteiger partial charge in [0.25, 0.3) is 5.91 Å². The smallest absolute Gasteiger partial charge is 0.274 e. The van der Waals surface area contributed by atoms with Crippen LogP contribution in [-0.2, 0) is 24.1 Å². The maximum Gasteiger partial charge on any atom is 0.274 e. The lowest BCUT2D eigenvalue weighted by molar-refractivity contribution is 0.0297. The highest BCUT2D eigenvalue weighted by atomic mass is 16.5. The van der Waals surface area contributed by atoms with Crippen molar-refractivity contribution < 1.29 is 9.53 Å². The average Bonchev–Trinajstić information content (AvgIpc) is 3.10. The van der Waals surface area contributed by atoms with E-state index in [1.54, 1.807) is 0 Å². The Bertz CT molecular complexity index is 687. The van der Waals surface area contributed by atoms with Crippen LogP contribution in [0, 0.1) is 11.8 Å². The van der Waals surface area contributed by atoms with Crippen LogP contribution in [0.2, 0.25) is 0 Å². The number of hydrogen-bond donors (Lipinski definition) is 1. The number of rotatable bonds is 6. The standard InChI is InChI=1S/C23H38N4O2/c1-17(2)16-27-21-9-8-19(24-15-18-6-4-3-5-7-18)14-20(21)22(25-27)23(28)26-10-12-29-13-11-26/h17-19,24H,3-16H2,1-2H3/t19-/m1/s1. The summed E-state index contributed by atoms with van der Waals surface area (Å²) in [5.74, 6) is 1.45. The number of aromatic nitrogens is 2. The fraction of sp³-hybridized carbons (Fsp3) is 0.826. The number of ether oxygens (including phenoxy) is 1. The lowest BCUT2D eigenvalue weighted by Gasteiger charge is -2.29. The molecule has 0 bridgehead atoms. The van der Waals surface area contributed by atoms with Crippen LogP contribution in [0.15, 0.2) is 0 Å². The molecule has 1 aromatic heterocycles. The van der Waals surface area contributed by atoms with Gasteiger partial charge < -0.3 is 15.0 Å². The first kappa shape index (κ1) is 20.9. The first-order valence-electron chi connectivity index (χ1n) is 11.8. The van der Waals surface area contributed by atoms with E-state index in [-0.39, 0.29) is 5.91 Å². The second-order valence-electron chi connectivity index (χ2n) is 9.61. The Morgan fingerprint density at radius 3 is 2.66 bits per heavy atom. The second-order valence-corrected chi connectivity index (χ2v) is 9.61. The number of morpholine rings is 1. The third kappa shape index (κ3) is 5.02. The summed E-state index contributed by atoms with van der Waals surface area (Å²) in [5.41, 5.74) is 3.20. The van der Waals surface area contributed by atoms with Gasteiger partial charge in [-0.1, -0.05) is 33.1 Å². The molecule has 2 heterocycles. The zero-order chi connectivity index (χ0) is 20.2. The third-order valence-corrected chi connectivity index (χ3v) is 6.81.